The first kappa shape index (κ1) is 23.6. The van der Waals surface area contributed by atoms with Crippen molar-refractivity contribution < 1.29 is 26.5 Å². The molecule has 1 aromatic carbocycles. The van der Waals surface area contributed by atoms with E-state index in [1.165, 1.54) is 11.8 Å². The van der Waals surface area contributed by atoms with Crippen LogP contribution >= 0.6 is 12.4 Å². The second kappa shape index (κ2) is 9.15. The van der Waals surface area contributed by atoms with Gasteiger partial charge in [0.15, 0.2) is 0 Å². The molecule has 0 aromatic heterocycles. The molecule has 0 saturated carbocycles. The summed E-state index contributed by atoms with van der Waals surface area (Å²) in [5, 5.41) is 13.7. The van der Waals surface area contributed by atoms with E-state index in [0.717, 1.165) is 18.2 Å². The van der Waals surface area contributed by atoms with Crippen molar-refractivity contribution >= 4 is 28.1 Å². The number of hydrogen-bond donors (Lipinski definition) is 2. The molecule has 0 bridgehead atoms. The molecule has 0 spiro atoms. The van der Waals surface area contributed by atoms with Crippen LogP contribution in [0.5, 0.6) is 0 Å². The van der Waals surface area contributed by atoms with Gasteiger partial charge in [-0.25, -0.2) is 13.1 Å². The molecule has 8 nitrogen and oxygen atoms in total. The largest absolute Gasteiger partial charge is 0.405 e. The fourth-order valence-corrected chi connectivity index (χ4v) is 3.84. The molecule has 2 rings (SSSR count). The SMILES string of the molecule is Cc1cc(S(=O)(=O)NCC(N2CCNCC2)C(F)(F)F)ccc1[N+](=O)[O-].Cl. The third-order valence-electron chi connectivity index (χ3n) is 4.11. The summed E-state index contributed by atoms with van der Waals surface area (Å²) in [5.41, 5.74) is -0.162. The van der Waals surface area contributed by atoms with Gasteiger partial charge in [0.1, 0.15) is 6.04 Å². The number of rotatable bonds is 6. The fourth-order valence-electron chi connectivity index (χ4n) is 2.72. The molecule has 1 saturated heterocycles. The summed E-state index contributed by atoms with van der Waals surface area (Å²) in [4.78, 5) is 11.0. The van der Waals surface area contributed by atoms with Crippen molar-refractivity contribution in [2.24, 2.45) is 0 Å². The lowest BCUT2D eigenvalue weighted by Crippen LogP contribution is -2.57. The molecule has 1 aromatic rings. The Morgan fingerprint density at radius 2 is 1.93 bits per heavy atom. The molecule has 1 atom stereocenters. The molecular formula is C14H20ClF3N4O4S. The van der Waals surface area contributed by atoms with E-state index in [1.54, 1.807) is 0 Å². The summed E-state index contributed by atoms with van der Waals surface area (Å²) in [6.45, 7) is 1.62. The van der Waals surface area contributed by atoms with Crippen molar-refractivity contribution in [1.29, 1.82) is 0 Å². The summed E-state index contributed by atoms with van der Waals surface area (Å²) in [7, 11) is -4.23. The Kier molecular flexibility index (Phi) is 7.99. The van der Waals surface area contributed by atoms with Crippen LogP contribution in [0.4, 0.5) is 18.9 Å². The van der Waals surface area contributed by atoms with Crippen LogP contribution in [0.15, 0.2) is 23.1 Å². The Morgan fingerprint density at radius 3 is 2.41 bits per heavy atom. The van der Waals surface area contributed by atoms with E-state index in [0.29, 0.717) is 13.1 Å². The zero-order chi connectivity index (χ0) is 19.5. The molecular weight excluding hydrogens is 413 g/mol. The Balaban J connectivity index is 0.00000364. The van der Waals surface area contributed by atoms with Gasteiger partial charge in [-0.05, 0) is 19.1 Å². The second-order valence-corrected chi connectivity index (χ2v) is 7.67. The average molecular weight is 433 g/mol. The van der Waals surface area contributed by atoms with Gasteiger partial charge in [-0.1, -0.05) is 0 Å². The molecule has 2 N–H and O–H groups in total. The highest BCUT2D eigenvalue weighted by Crippen LogP contribution is 2.26. The van der Waals surface area contributed by atoms with Crippen LogP contribution in [0.1, 0.15) is 5.56 Å². The van der Waals surface area contributed by atoms with Crippen molar-refractivity contribution in [3.8, 4) is 0 Å². The summed E-state index contributed by atoms with van der Waals surface area (Å²) in [5.74, 6) is 0. The molecule has 0 amide bonds. The summed E-state index contributed by atoms with van der Waals surface area (Å²) >= 11 is 0. The van der Waals surface area contributed by atoms with Gasteiger partial charge in [-0.3, -0.25) is 15.0 Å². The Bertz CT molecular complexity index is 770. The first-order valence-corrected chi connectivity index (χ1v) is 9.27. The maximum Gasteiger partial charge on any atom is 0.405 e. The Hall–Kier alpha value is -1.47. The Labute approximate surface area is 160 Å². The van der Waals surface area contributed by atoms with Crippen molar-refractivity contribution in [3.05, 3.63) is 33.9 Å². The van der Waals surface area contributed by atoms with E-state index in [-0.39, 0.29) is 41.6 Å². The maximum absolute atomic E-state index is 13.3. The topological polar surface area (TPSA) is 105 Å². The molecule has 27 heavy (non-hydrogen) atoms. The molecule has 1 unspecified atom stereocenters. The molecule has 1 aliphatic rings. The van der Waals surface area contributed by atoms with E-state index < -0.39 is 33.7 Å². The highest BCUT2D eigenvalue weighted by Gasteiger charge is 2.44. The van der Waals surface area contributed by atoms with Crippen LogP contribution < -0.4 is 10.0 Å². The van der Waals surface area contributed by atoms with Gasteiger partial charge in [0.25, 0.3) is 5.69 Å². The zero-order valence-corrected chi connectivity index (χ0v) is 16.0. The number of nitrogens with one attached hydrogen (secondary N) is 2. The molecule has 0 aliphatic carbocycles. The first-order chi connectivity index (χ1) is 12.0. The van der Waals surface area contributed by atoms with E-state index in [2.05, 4.69) is 5.32 Å². The van der Waals surface area contributed by atoms with Gasteiger partial charge in [-0.15, -0.1) is 12.4 Å². The monoisotopic (exact) mass is 432 g/mol. The molecule has 0 radical (unpaired) electrons. The van der Waals surface area contributed by atoms with Gasteiger partial charge in [-0.2, -0.15) is 13.2 Å². The van der Waals surface area contributed by atoms with Gasteiger partial charge in [0, 0.05) is 44.4 Å². The molecule has 1 aliphatic heterocycles. The van der Waals surface area contributed by atoms with E-state index >= 15 is 0 Å². The second-order valence-electron chi connectivity index (χ2n) is 5.90. The van der Waals surface area contributed by atoms with Crippen LogP contribution in [-0.4, -0.2) is 63.2 Å². The normalized spacial score (nSPS) is 17.2. The van der Waals surface area contributed by atoms with Gasteiger partial charge < -0.3 is 5.32 Å². The average Bonchev–Trinajstić information content (AvgIpc) is 2.54. The van der Waals surface area contributed by atoms with E-state index in [1.807, 2.05) is 4.72 Å². The van der Waals surface area contributed by atoms with Crippen LogP contribution in [0.3, 0.4) is 0 Å². The van der Waals surface area contributed by atoms with Crippen molar-refractivity contribution in [1.82, 2.24) is 14.9 Å². The third kappa shape index (κ3) is 6.01. The number of sulfonamides is 1. The Morgan fingerprint density at radius 1 is 1.33 bits per heavy atom. The van der Waals surface area contributed by atoms with Gasteiger partial charge in [0.2, 0.25) is 10.0 Å². The number of nitrogens with zero attached hydrogens (tertiary/aromatic N) is 2. The van der Waals surface area contributed by atoms with Gasteiger partial charge >= 0.3 is 6.18 Å². The highest BCUT2D eigenvalue weighted by molar-refractivity contribution is 7.89. The molecule has 1 heterocycles. The minimum Gasteiger partial charge on any atom is -0.314 e. The third-order valence-corrected chi connectivity index (χ3v) is 5.53. The molecule has 13 heteroatoms. The predicted octanol–water partition coefficient (Wildman–Crippen LogP) is 1.44. The smallest absolute Gasteiger partial charge is 0.314 e. The minimum absolute atomic E-state index is 0. The van der Waals surface area contributed by atoms with Crippen LogP contribution in [0.2, 0.25) is 0 Å². The minimum atomic E-state index is -4.59. The maximum atomic E-state index is 13.3. The lowest BCUT2D eigenvalue weighted by Gasteiger charge is -2.35. The number of aryl methyl sites for hydroxylation is 1. The highest BCUT2D eigenvalue weighted by atomic mass is 35.5. The first-order valence-electron chi connectivity index (χ1n) is 7.78. The lowest BCUT2D eigenvalue weighted by atomic mass is 10.2. The van der Waals surface area contributed by atoms with Crippen LogP contribution in [-0.2, 0) is 10.0 Å². The molecule has 1 fully saturated rings. The number of hydrogen-bond acceptors (Lipinski definition) is 6. The van der Waals surface area contributed by atoms with E-state index in [9.17, 15) is 31.7 Å². The van der Waals surface area contributed by atoms with Crippen molar-refractivity contribution in [2.45, 2.75) is 24.0 Å². The van der Waals surface area contributed by atoms with E-state index in [4.69, 9.17) is 0 Å². The predicted molar refractivity (Wildman–Crippen MR) is 94.6 cm³/mol. The number of piperazine rings is 1. The number of nitro groups is 1. The van der Waals surface area contributed by atoms with Crippen LogP contribution in [0.25, 0.3) is 0 Å². The molecule has 154 valence electrons. The summed E-state index contributed by atoms with van der Waals surface area (Å²) < 4.78 is 66.5. The summed E-state index contributed by atoms with van der Waals surface area (Å²) in [6.07, 6.45) is -4.59. The van der Waals surface area contributed by atoms with Crippen molar-refractivity contribution in [3.63, 3.8) is 0 Å². The van der Waals surface area contributed by atoms with Crippen molar-refractivity contribution in [2.75, 3.05) is 32.7 Å². The fraction of sp³-hybridized carbons (Fsp3) is 0.571. The number of halogens is 4. The summed E-state index contributed by atoms with van der Waals surface area (Å²) in [6, 6.07) is 1.13. The van der Waals surface area contributed by atoms with Gasteiger partial charge in [0.05, 0.1) is 9.82 Å². The standard InChI is InChI=1S/C14H19F3N4O4S.ClH/c1-10-8-11(2-3-12(10)21(22)23)26(24,25)19-9-13(14(15,16)17)20-6-4-18-5-7-20;/h2-3,8,13,18-19H,4-7,9H2,1H3;1H. The number of alkyl halides is 3. The van der Waals surface area contributed by atoms with Crippen LogP contribution in [0, 0.1) is 17.0 Å². The quantitative estimate of drug-likeness (QED) is 0.520. The lowest BCUT2D eigenvalue weighted by molar-refractivity contribution is -0.385. The number of nitro benzene ring substituents is 1. The zero-order valence-electron chi connectivity index (χ0n) is 14.3. The number of benzene rings is 1.